The molecule has 0 unspecified atom stereocenters. The van der Waals surface area contributed by atoms with E-state index >= 15 is 0 Å². The van der Waals surface area contributed by atoms with E-state index in [0.717, 1.165) is 11.1 Å². The Morgan fingerprint density at radius 1 is 0.794 bits per heavy atom. The molecule has 0 bridgehead atoms. The normalized spacial score (nSPS) is 10.3. The quantitative estimate of drug-likeness (QED) is 0.432. The number of benzene rings is 3. The predicted octanol–water partition coefficient (Wildman–Crippen LogP) is 3.69. The third-order valence-electron chi connectivity index (χ3n) is 5.24. The molecule has 0 aromatic heterocycles. The lowest BCUT2D eigenvalue weighted by Crippen LogP contribution is -2.24. The molecular weight excluding hydrogens is 428 g/mol. The van der Waals surface area contributed by atoms with E-state index in [2.05, 4.69) is 16.0 Å². The lowest BCUT2D eigenvalue weighted by atomic mass is 10.1. The van der Waals surface area contributed by atoms with Crippen molar-refractivity contribution in [3.05, 3.63) is 95.6 Å². The standard InChI is InChI=1S/C27H30N4O3/c1-31(2)26(33)16-13-20-11-14-23(15-12-20)30-25(32)19-28-24-10-6-9-22(17-24)27(34)29-18-21-7-4-3-5-8-21/h3-12,14-15,17,28H,13,16,18-19H2,1-2H3,(H,29,34)(H,30,32). The monoisotopic (exact) mass is 458 g/mol. The Kier molecular flexibility index (Phi) is 8.80. The Morgan fingerprint density at radius 2 is 1.53 bits per heavy atom. The van der Waals surface area contributed by atoms with E-state index in [-0.39, 0.29) is 24.3 Å². The summed E-state index contributed by atoms with van der Waals surface area (Å²) in [5, 5.41) is 8.79. The predicted molar refractivity (Wildman–Crippen MR) is 135 cm³/mol. The van der Waals surface area contributed by atoms with Crippen molar-refractivity contribution in [2.75, 3.05) is 31.3 Å². The zero-order chi connectivity index (χ0) is 24.3. The maximum atomic E-state index is 12.5. The van der Waals surface area contributed by atoms with Gasteiger partial charge in [0.15, 0.2) is 0 Å². The molecule has 0 aliphatic heterocycles. The molecule has 0 heterocycles. The summed E-state index contributed by atoms with van der Waals surface area (Å²) in [6.45, 7) is 0.513. The van der Waals surface area contributed by atoms with Gasteiger partial charge in [-0.2, -0.15) is 0 Å². The van der Waals surface area contributed by atoms with Crippen LogP contribution in [0.25, 0.3) is 0 Å². The van der Waals surface area contributed by atoms with Gasteiger partial charge in [-0.3, -0.25) is 14.4 Å². The number of aryl methyl sites for hydroxylation is 1. The van der Waals surface area contributed by atoms with Crippen molar-refractivity contribution < 1.29 is 14.4 Å². The van der Waals surface area contributed by atoms with E-state index in [4.69, 9.17) is 0 Å². The molecule has 176 valence electrons. The molecule has 34 heavy (non-hydrogen) atoms. The highest BCUT2D eigenvalue weighted by molar-refractivity contribution is 5.96. The summed E-state index contributed by atoms with van der Waals surface area (Å²) in [5.74, 6) is -0.292. The highest BCUT2D eigenvalue weighted by atomic mass is 16.2. The number of hydrogen-bond acceptors (Lipinski definition) is 4. The van der Waals surface area contributed by atoms with Gasteiger partial charge < -0.3 is 20.9 Å². The van der Waals surface area contributed by atoms with Gasteiger partial charge in [-0.05, 0) is 47.9 Å². The summed E-state index contributed by atoms with van der Waals surface area (Å²) in [6.07, 6.45) is 1.11. The lowest BCUT2D eigenvalue weighted by molar-refractivity contribution is -0.128. The van der Waals surface area contributed by atoms with Gasteiger partial charge in [-0.15, -0.1) is 0 Å². The van der Waals surface area contributed by atoms with Crippen LogP contribution in [0.5, 0.6) is 0 Å². The van der Waals surface area contributed by atoms with Crippen LogP contribution in [-0.4, -0.2) is 43.3 Å². The van der Waals surface area contributed by atoms with Crippen LogP contribution in [0.4, 0.5) is 11.4 Å². The summed E-state index contributed by atoms with van der Waals surface area (Å²) < 4.78 is 0. The number of nitrogens with one attached hydrogen (secondary N) is 3. The van der Waals surface area contributed by atoms with Gasteiger partial charge in [0, 0.05) is 44.0 Å². The summed E-state index contributed by atoms with van der Waals surface area (Å²) >= 11 is 0. The number of nitrogens with zero attached hydrogens (tertiary/aromatic N) is 1. The fraction of sp³-hybridized carbons (Fsp3) is 0.222. The SMILES string of the molecule is CN(C)C(=O)CCc1ccc(NC(=O)CNc2cccc(C(=O)NCc3ccccc3)c2)cc1. The highest BCUT2D eigenvalue weighted by Gasteiger charge is 2.08. The van der Waals surface area contributed by atoms with Crippen molar-refractivity contribution in [1.82, 2.24) is 10.2 Å². The molecule has 3 N–H and O–H groups in total. The van der Waals surface area contributed by atoms with Crippen LogP contribution in [0.15, 0.2) is 78.9 Å². The molecule has 3 aromatic rings. The second-order valence-electron chi connectivity index (χ2n) is 8.14. The number of anilines is 2. The second kappa shape index (κ2) is 12.2. The number of carbonyl (C=O) groups excluding carboxylic acids is 3. The number of rotatable bonds is 10. The molecule has 0 saturated carbocycles. The molecule has 3 aromatic carbocycles. The first-order chi connectivity index (χ1) is 16.4. The summed E-state index contributed by atoms with van der Waals surface area (Å²) in [7, 11) is 3.48. The van der Waals surface area contributed by atoms with Crippen molar-refractivity contribution in [2.24, 2.45) is 0 Å². The van der Waals surface area contributed by atoms with E-state index in [0.29, 0.717) is 36.3 Å². The smallest absolute Gasteiger partial charge is 0.251 e. The van der Waals surface area contributed by atoms with E-state index in [1.807, 2.05) is 60.7 Å². The average Bonchev–Trinajstić information content (AvgIpc) is 2.86. The van der Waals surface area contributed by atoms with E-state index in [9.17, 15) is 14.4 Å². The number of carbonyl (C=O) groups is 3. The molecule has 0 spiro atoms. The van der Waals surface area contributed by atoms with Gasteiger partial charge in [0.05, 0.1) is 6.54 Å². The topological polar surface area (TPSA) is 90.5 Å². The molecule has 3 rings (SSSR count). The van der Waals surface area contributed by atoms with E-state index in [1.54, 1.807) is 37.2 Å². The molecule has 7 nitrogen and oxygen atoms in total. The zero-order valence-electron chi connectivity index (χ0n) is 19.5. The molecule has 0 fully saturated rings. The Bertz CT molecular complexity index is 1110. The minimum Gasteiger partial charge on any atom is -0.376 e. The van der Waals surface area contributed by atoms with E-state index in [1.165, 1.54) is 0 Å². The zero-order valence-corrected chi connectivity index (χ0v) is 19.5. The largest absolute Gasteiger partial charge is 0.376 e. The van der Waals surface area contributed by atoms with Crippen LogP contribution in [0.2, 0.25) is 0 Å². The molecule has 0 radical (unpaired) electrons. The fourth-order valence-corrected chi connectivity index (χ4v) is 3.27. The van der Waals surface area contributed by atoms with Gasteiger partial charge >= 0.3 is 0 Å². The highest BCUT2D eigenvalue weighted by Crippen LogP contribution is 2.13. The molecule has 0 atom stereocenters. The summed E-state index contributed by atoms with van der Waals surface area (Å²) in [5.41, 5.74) is 3.95. The first kappa shape index (κ1) is 24.5. The van der Waals surface area contributed by atoms with Gasteiger partial charge in [0.2, 0.25) is 11.8 Å². The van der Waals surface area contributed by atoms with Crippen LogP contribution in [0, 0.1) is 0 Å². The van der Waals surface area contributed by atoms with Crippen LogP contribution >= 0.6 is 0 Å². The van der Waals surface area contributed by atoms with Crippen LogP contribution in [-0.2, 0) is 22.6 Å². The Morgan fingerprint density at radius 3 is 2.24 bits per heavy atom. The van der Waals surface area contributed by atoms with Crippen molar-refractivity contribution in [3.8, 4) is 0 Å². The van der Waals surface area contributed by atoms with Gasteiger partial charge in [-0.25, -0.2) is 0 Å². The Balaban J connectivity index is 1.45. The molecule has 0 aliphatic rings. The minimum absolute atomic E-state index is 0.0637. The van der Waals surface area contributed by atoms with Crippen LogP contribution in [0.1, 0.15) is 27.9 Å². The summed E-state index contributed by atoms with van der Waals surface area (Å²) in [6, 6.07) is 24.2. The van der Waals surface area contributed by atoms with Crippen molar-refractivity contribution in [3.63, 3.8) is 0 Å². The van der Waals surface area contributed by atoms with Crippen LogP contribution < -0.4 is 16.0 Å². The Hall–Kier alpha value is -4.13. The van der Waals surface area contributed by atoms with Crippen molar-refractivity contribution in [1.29, 1.82) is 0 Å². The third kappa shape index (κ3) is 7.78. The van der Waals surface area contributed by atoms with Gasteiger partial charge in [0.25, 0.3) is 5.91 Å². The molecule has 0 aliphatic carbocycles. The Labute approximate surface area is 200 Å². The summed E-state index contributed by atoms with van der Waals surface area (Å²) in [4.78, 5) is 38.1. The molecule has 7 heteroatoms. The molecular formula is C27H30N4O3. The first-order valence-electron chi connectivity index (χ1n) is 11.2. The van der Waals surface area contributed by atoms with Crippen molar-refractivity contribution in [2.45, 2.75) is 19.4 Å². The second-order valence-corrected chi connectivity index (χ2v) is 8.14. The van der Waals surface area contributed by atoms with Crippen molar-refractivity contribution >= 4 is 29.1 Å². The maximum absolute atomic E-state index is 12.5. The van der Waals surface area contributed by atoms with Gasteiger partial charge in [0.1, 0.15) is 0 Å². The molecule has 0 saturated heterocycles. The molecule has 3 amide bonds. The van der Waals surface area contributed by atoms with E-state index < -0.39 is 0 Å². The van der Waals surface area contributed by atoms with Gasteiger partial charge in [-0.1, -0.05) is 48.5 Å². The third-order valence-corrected chi connectivity index (χ3v) is 5.24. The first-order valence-corrected chi connectivity index (χ1v) is 11.2. The number of hydrogen-bond donors (Lipinski definition) is 3. The fourth-order valence-electron chi connectivity index (χ4n) is 3.27. The maximum Gasteiger partial charge on any atom is 0.251 e. The lowest BCUT2D eigenvalue weighted by Gasteiger charge is -2.11. The van der Waals surface area contributed by atoms with Crippen LogP contribution in [0.3, 0.4) is 0 Å². The average molecular weight is 459 g/mol. The minimum atomic E-state index is -0.200. The number of amides is 3.